The zero-order valence-electron chi connectivity index (χ0n) is 11.3. The maximum absolute atomic E-state index is 4.10. The van der Waals surface area contributed by atoms with Crippen LogP contribution in [0.3, 0.4) is 0 Å². The number of aromatic amines is 1. The molecule has 2 aliphatic carbocycles. The van der Waals surface area contributed by atoms with Gasteiger partial charge in [-0.2, -0.15) is 0 Å². The molecule has 0 radical (unpaired) electrons. The van der Waals surface area contributed by atoms with Gasteiger partial charge >= 0.3 is 0 Å². The highest BCUT2D eigenvalue weighted by Gasteiger charge is 2.38. The van der Waals surface area contributed by atoms with E-state index in [1.165, 1.54) is 57.3 Å². The Balaban J connectivity index is 0.000000902. The molecule has 0 saturated heterocycles. The maximum atomic E-state index is 4.10. The first-order valence-electron chi connectivity index (χ1n) is 7.12. The summed E-state index contributed by atoms with van der Waals surface area (Å²) in [7, 11) is 0. The predicted molar refractivity (Wildman–Crippen MR) is 83.4 cm³/mol. The molecule has 2 fully saturated rings. The topological polar surface area (TPSA) is 40.7 Å². The molecule has 0 bridgehead atoms. The van der Waals surface area contributed by atoms with E-state index in [2.05, 4.69) is 15.3 Å². The van der Waals surface area contributed by atoms with Gasteiger partial charge in [0.05, 0.1) is 6.33 Å². The highest BCUT2D eigenvalue weighted by molar-refractivity contribution is 5.85. The van der Waals surface area contributed by atoms with Gasteiger partial charge in [-0.05, 0) is 44.2 Å². The van der Waals surface area contributed by atoms with Crippen LogP contribution in [0.2, 0.25) is 0 Å². The predicted octanol–water partition coefficient (Wildman–Crippen LogP) is 3.53. The van der Waals surface area contributed by atoms with Crippen LogP contribution in [0.1, 0.15) is 50.1 Å². The summed E-state index contributed by atoms with van der Waals surface area (Å²) < 4.78 is 0. The Bertz CT molecular complexity index is 336. The van der Waals surface area contributed by atoms with E-state index in [1.54, 1.807) is 6.33 Å². The Morgan fingerprint density at radius 2 is 1.95 bits per heavy atom. The Hall–Kier alpha value is -0.250. The van der Waals surface area contributed by atoms with Crippen molar-refractivity contribution in [1.82, 2.24) is 15.3 Å². The summed E-state index contributed by atoms with van der Waals surface area (Å²) in [6.07, 6.45) is 12.4. The number of nitrogens with one attached hydrogen (secondary N) is 2. The molecule has 5 heteroatoms. The van der Waals surface area contributed by atoms with E-state index in [9.17, 15) is 0 Å². The normalized spacial score (nSPS) is 26.3. The average molecular weight is 306 g/mol. The first kappa shape index (κ1) is 16.8. The van der Waals surface area contributed by atoms with Crippen molar-refractivity contribution in [2.24, 2.45) is 11.8 Å². The standard InChI is InChI=1S/C14H23N3.2ClH/c1-2-4-11(5-3-1)7-15-8-12-6-13(12)14-9-16-10-17-14;;/h9-13,15H,1-8H2,(H,16,17);2*1H/t12-,13+;;/m1../s1. The van der Waals surface area contributed by atoms with Crippen molar-refractivity contribution >= 4 is 24.8 Å². The second kappa shape index (κ2) is 8.13. The molecular formula is C14H25Cl2N3. The molecular weight excluding hydrogens is 281 g/mol. The van der Waals surface area contributed by atoms with Crippen LogP contribution in [0.25, 0.3) is 0 Å². The molecule has 2 atom stereocenters. The number of hydrogen-bond acceptors (Lipinski definition) is 2. The molecule has 0 amide bonds. The lowest BCUT2D eigenvalue weighted by molar-refractivity contribution is 0.340. The first-order chi connectivity index (χ1) is 8.43. The Morgan fingerprint density at radius 3 is 2.63 bits per heavy atom. The molecule has 2 N–H and O–H groups in total. The molecule has 0 aliphatic heterocycles. The quantitative estimate of drug-likeness (QED) is 0.874. The van der Waals surface area contributed by atoms with Gasteiger partial charge in [0.2, 0.25) is 0 Å². The summed E-state index contributed by atoms with van der Waals surface area (Å²) in [6.45, 7) is 2.44. The third-order valence-electron chi connectivity index (χ3n) is 4.41. The van der Waals surface area contributed by atoms with Crippen molar-refractivity contribution in [3.8, 4) is 0 Å². The molecule has 1 heterocycles. The van der Waals surface area contributed by atoms with E-state index < -0.39 is 0 Å². The number of nitrogens with zero attached hydrogens (tertiary/aromatic N) is 1. The number of hydrogen-bond donors (Lipinski definition) is 2. The van der Waals surface area contributed by atoms with E-state index >= 15 is 0 Å². The van der Waals surface area contributed by atoms with Crippen LogP contribution in [0.4, 0.5) is 0 Å². The molecule has 0 spiro atoms. The lowest BCUT2D eigenvalue weighted by Gasteiger charge is -2.21. The molecule has 2 aliphatic rings. The second-order valence-electron chi connectivity index (χ2n) is 5.77. The van der Waals surface area contributed by atoms with Crippen molar-refractivity contribution in [2.75, 3.05) is 13.1 Å². The fourth-order valence-electron chi connectivity index (χ4n) is 3.19. The van der Waals surface area contributed by atoms with Crippen molar-refractivity contribution in [2.45, 2.75) is 44.4 Å². The average Bonchev–Trinajstić information content (AvgIpc) is 2.93. The van der Waals surface area contributed by atoms with Crippen molar-refractivity contribution < 1.29 is 0 Å². The highest BCUT2D eigenvalue weighted by atomic mass is 35.5. The minimum Gasteiger partial charge on any atom is -0.348 e. The second-order valence-corrected chi connectivity index (χ2v) is 5.77. The minimum atomic E-state index is 0. The number of imidazole rings is 1. The van der Waals surface area contributed by atoms with Gasteiger partial charge in [0.15, 0.2) is 0 Å². The minimum absolute atomic E-state index is 0. The van der Waals surface area contributed by atoms with Gasteiger partial charge < -0.3 is 10.3 Å². The summed E-state index contributed by atoms with van der Waals surface area (Å²) in [4.78, 5) is 7.33. The molecule has 19 heavy (non-hydrogen) atoms. The van der Waals surface area contributed by atoms with Crippen LogP contribution < -0.4 is 5.32 Å². The largest absolute Gasteiger partial charge is 0.348 e. The molecule has 110 valence electrons. The van der Waals surface area contributed by atoms with Gasteiger partial charge in [-0.25, -0.2) is 4.98 Å². The molecule has 0 aromatic carbocycles. The third-order valence-corrected chi connectivity index (χ3v) is 4.41. The van der Waals surface area contributed by atoms with Gasteiger partial charge in [0.1, 0.15) is 0 Å². The molecule has 1 aromatic rings. The SMILES string of the molecule is Cl.Cl.c1ncc([C@H]2C[C@@H]2CNCC2CCCCC2)[nH]1. The van der Waals surface area contributed by atoms with Crippen LogP contribution in [-0.4, -0.2) is 23.1 Å². The maximum Gasteiger partial charge on any atom is 0.0921 e. The molecule has 0 unspecified atom stereocenters. The fourth-order valence-corrected chi connectivity index (χ4v) is 3.19. The number of aromatic nitrogens is 2. The molecule has 2 saturated carbocycles. The van der Waals surface area contributed by atoms with Gasteiger partial charge in [0.25, 0.3) is 0 Å². The first-order valence-corrected chi connectivity index (χ1v) is 7.12. The van der Waals surface area contributed by atoms with Gasteiger partial charge in [-0.1, -0.05) is 19.3 Å². The van der Waals surface area contributed by atoms with E-state index in [0.29, 0.717) is 0 Å². The summed E-state index contributed by atoms with van der Waals surface area (Å²) in [6, 6.07) is 0. The van der Waals surface area contributed by atoms with Gasteiger partial charge in [0, 0.05) is 17.8 Å². The van der Waals surface area contributed by atoms with Crippen molar-refractivity contribution in [3.05, 3.63) is 18.2 Å². The third kappa shape index (κ3) is 4.66. The zero-order valence-corrected chi connectivity index (χ0v) is 12.9. The van der Waals surface area contributed by atoms with Crippen LogP contribution in [0.5, 0.6) is 0 Å². The van der Waals surface area contributed by atoms with Crippen LogP contribution in [0.15, 0.2) is 12.5 Å². The Morgan fingerprint density at radius 1 is 1.16 bits per heavy atom. The summed E-state index contributed by atoms with van der Waals surface area (Å²) in [5, 5.41) is 3.67. The van der Waals surface area contributed by atoms with Gasteiger partial charge in [-0.15, -0.1) is 24.8 Å². The summed E-state index contributed by atoms with van der Waals surface area (Å²) in [5.74, 6) is 2.54. The van der Waals surface area contributed by atoms with Crippen molar-refractivity contribution in [1.29, 1.82) is 0 Å². The van der Waals surface area contributed by atoms with E-state index in [4.69, 9.17) is 0 Å². The van der Waals surface area contributed by atoms with E-state index in [-0.39, 0.29) is 24.8 Å². The number of halogens is 2. The monoisotopic (exact) mass is 305 g/mol. The van der Waals surface area contributed by atoms with Crippen LogP contribution >= 0.6 is 24.8 Å². The molecule has 3 rings (SSSR count). The van der Waals surface area contributed by atoms with E-state index in [1.807, 2.05) is 6.20 Å². The fraction of sp³-hybridized carbons (Fsp3) is 0.786. The molecule has 3 nitrogen and oxygen atoms in total. The Labute approximate surface area is 128 Å². The van der Waals surface area contributed by atoms with Crippen LogP contribution in [-0.2, 0) is 0 Å². The molecule has 1 aromatic heterocycles. The smallest absolute Gasteiger partial charge is 0.0921 e. The van der Waals surface area contributed by atoms with E-state index in [0.717, 1.165) is 17.8 Å². The summed E-state index contributed by atoms with van der Waals surface area (Å²) in [5.41, 5.74) is 1.33. The lowest BCUT2D eigenvalue weighted by Crippen LogP contribution is -2.26. The summed E-state index contributed by atoms with van der Waals surface area (Å²) >= 11 is 0. The van der Waals surface area contributed by atoms with Gasteiger partial charge in [-0.3, -0.25) is 0 Å². The number of H-pyrrole nitrogens is 1. The van der Waals surface area contributed by atoms with Crippen molar-refractivity contribution in [3.63, 3.8) is 0 Å². The highest BCUT2D eigenvalue weighted by Crippen LogP contribution is 2.45. The zero-order chi connectivity index (χ0) is 11.5. The lowest BCUT2D eigenvalue weighted by atomic mass is 9.89. The number of rotatable bonds is 5. The van der Waals surface area contributed by atoms with Crippen LogP contribution in [0, 0.1) is 11.8 Å². The Kier molecular flexibility index (Phi) is 7.19.